The highest BCUT2D eigenvalue weighted by atomic mass is 31.2. The SMILES string of the molecule is [2H]C[C@H]1O[C@@H](n2cc(/C=C/C(=O)NCCCCCCCC(=O)CCC)c(=O)[nH]c2=O)CC1OP(OC=NCC)N(C(C)C)C(C)C. The molecule has 2 heterocycles. The Bertz CT molecular complexity index is 1240. The number of nitrogens with one attached hydrogen (secondary N) is 2. The minimum atomic E-state index is -1.59. The van der Waals surface area contributed by atoms with E-state index in [1.807, 2.05) is 41.5 Å². The summed E-state index contributed by atoms with van der Waals surface area (Å²) in [5.74, 6) is -0.0167. The van der Waals surface area contributed by atoms with Gasteiger partial charge in [-0.3, -0.25) is 28.9 Å². The highest BCUT2D eigenvalue weighted by molar-refractivity contribution is 7.45. The lowest BCUT2D eigenvalue weighted by Gasteiger charge is -2.36. The third kappa shape index (κ3) is 13.3. The lowest BCUT2D eigenvalue weighted by atomic mass is 10.1. The number of rotatable bonds is 21. The molecule has 4 atom stereocenters. The molecule has 2 rings (SSSR count). The van der Waals surface area contributed by atoms with Gasteiger partial charge in [0, 0.05) is 58.1 Å². The molecule has 13 heteroatoms. The first-order valence-electron chi connectivity index (χ1n) is 16.9. The van der Waals surface area contributed by atoms with Crippen LogP contribution in [-0.2, 0) is 23.4 Å². The van der Waals surface area contributed by atoms with Crippen molar-refractivity contribution in [2.75, 3.05) is 13.1 Å². The van der Waals surface area contributed by atoms with Gasteiger partial charge in [0.2, 0.25) is 5.91 Å². The number of hydrogen-bond donors (Lipinski definition) is 2. The van der Waals surface area contributed by atoms with Crippen LogP contribution in [0.1, 0.15) is 119 Å². The van der Waals surface area contributed by atoms with Gasteiger partial charge in [0.1, 0.15) is 12.0 Å². The first kappa shape index (κ1) is 36.8. The van der Waals surface area contributed by atoms with Crippen LogP contribution in [0.4, 0.5) is 0 Å². The number of aliphatic imine (C=N–C) groups is 1. The second-order valence-electron chi connectivity index (χ2n) is 11.7. The van der Waals surface area contributed by atoms with Gasteiger partial charge in [0.15, 0.2) is 6.40 Å². The summed E-state index contributed by atoms with van der Waals surface area (Å²) in [4.78, 5) is 55.8. The van der Waals surface area contributed by atoms with E-state index < -0.39 is 38.2 Å². The Hall–Kier alpha value is -2.66. The molecule has 1 aliphatic heterocycles. The zero-order valence-corrected chi connectivity index (χ0v) is 28.7. The molecule has 0 aliphatic carbocycles. The summed E-state index contributed by atoms with van der Waals surface area (Å²) in [5.41, 5.74) is -1.16. The standard InChI is InChI=1S/C32H54N5O7P/c1-8-15-27(38)16-13-11-10-12-14-19-34-29(39)18-17-26-21-36(32(41)35-31(26)40)30-20-28(25(7)43-30)44-45(42-22-33-9-2)37(23(3)4)24(5)6/h17-18,21-25,28,30H,8-16,19-20H2,1-7H3,(H,34,39)(H,35,40,41)/b18-17+,33-22?/t25-,28?,30-,45?/m1/s1/i7D. The number of aromatic nitrogens is 2. The zero-order valence-electron chi connectivity index (χ0n) is 28.8. The van der Waals surface area contributed by atoms with Crippen LogP contribution in [0.3, 0.4) is 0 Å². The summed E-state index contributed by atoms with van der Waals surface area (Å²) in [7, 11) is -1.59. The molecule has 0 spiro atoms. The van der Waals surface area contributed by atoms with Crippen LogP contribution < -0.4 is 16.6 Å². The van der Waals surface area contributed by atoms with Gasteiger partial charge in [-0.1, -0.05) is 26.2 Å². The average Bonchev–Trinajstić information content (AvgIpc) is 3.40. The van der Waals surface area contributed by atoms with Crippen LogP contribution >= 0.6 is 8.53 Å². The van der Waals surface area contributed by atoms with Crippen LogP contribution in [0, 0.1) is 0 Å². The van der Waals surface area contributed by atoms with Crippen molar-refractivity contribution in [2.45, 2.75) is 137 Å². The maximum Gasteiger partial charge on any atom is 0.330 e. The molecule has 1 amide bonds. The number of aromatic amines is 1. The molecule has 0 aromatic carbocycles. The minimum absolute atomic E-state index is 0.0968. The number of amides is 1. The first-order chi connectivity index (χ1) is 22.0. The second-order valence-corrected chi connectivity index (χ2v) is 13.1. The number of carbonyl (C=O) groups is 2. The molecule has 254 valence electrons. The Kier molecular flexibility index (Phi) is 16.7. The topological polar surface area (TPSA) is 144 Å². The van der Waals surface area contributed by atoms with E-state index in [1.165, 1.54) is 29.3 Å². The van der Waals surface area contributed by atoms with Gasteiger partial charge in [-0.2, -0.15) is 0 Å². The zero-order chi connectivity index (χ0) is 34.1. The van der Waals surface area contributed by atoms with Crippen molar-refractivity contribution >= 4 is 32.7 Å². The number of ether oxygens (including phenoxy) is 1. The van der Waals surface area contributed by atoms with Crippen molar-refractivity contribution in [2.24, 2.45) is 4.99 Å². The number of hydrogen-bond acceptors (Lipinski definition) is 9. The predicted octanol–water partition coefficient (Wildman–Crippen LogP) is 5.48. The molecule has 1 fully saturated rings. The van der Waals surface area contributed by atoms with Gasteiger partial charge < -0.3 is 19.1 Å². The van der Waals surface area contributed by atoms with E-state index in [-0.39, 0.29) is 36.9 Å². The molecule has 1 aliphatic rings. The number of unbranched alkanes of at least 4 members (excludes halogenated alkanes) is 4. The Morgan fingerprint density at radius 3 is 2.56 bits per heavy atom. The average molecular weight is 653 g/mol. The van der Waals surface area contributed by atoms with Gasteiger partial charge in [-0.25, -0.2) is 9.46 Å². The summed E-state index contributed by atoms with van der Waals surface area (Å²) in [5, 5.41) is 2.81. The number of H-pyrrole nitrogens is 1. The quantitative estimate of drug-likeness (QED) is 0.0584. The van der Waals surface area contributed by atoms with E-state index in [0.717, 1.165) is 38.5 Å². The van der Waals surface area contributed by atoms with E-state index in [4.69, 9.17) is 15.2 Å². The molecule has 0 bridgehead atoms. The van der Waals surface area contributed by atoms with E-state index >= 15 is 0 Å². The van der Waals surface area contributed by atoms with Crippen LogP contribution in [-0.4, -0.2) is 69.7 Å². The largest absolute Gasteiger partial charge is 0.425 e. The molecule has 0 saturated carbocycles. The summed E-state index contributed by atoms with van der Waals surface area (Å²) >= 11 is 0. The van der Waals surface area contributed by atoms with Crippen LogP contribution in [0.2, 0.25) is 0 Å². The maximum absolute atomic E-state index is 12.8. The molecule has 2 unspecified atom stereocenters. The fraction of sp³-hybridized carbons (Fsp3) is 0.719. The molecule has 1 aromatic rings. The highest BCUT2D eigenvalue weighted by Gasteiger charge is 2.39. The van der Waals surface area contributed by atoms with E-state index in [1.54, 1.807) is 0 Å². The highest BCUT2D eigenvalue weighted by Crippen LogP contribution is 2.49. The third-order valence-corrected chi connectivity index (χ3v) is 9.25. The Balaban J connectivity index is 2.01. The third-order valence-electron chi connectivity index (χ3n) is 7.23. The van der Waals surface area contributed by atoms with Crippen LogP contribution in [0.5, 0.6) is 0 Å². The van der Waals surface area contributed by atoms with Gasteiger partial charge in [-0.05, 0) is 66.9 Å². The van der Waals surface area contributed by atoms with Gasteiger partial charge in [0.25, 0.3) is 5.56 Å². The molecule has 1 saturated heterocycles. The van der Waals surface area contributed by atoms with Crippen LogP contribution in [0.15, 0.2) is 26.9 Å². The van der Waals surface area contributed by atoms with Gasteiger partial charge in [-0.15, -0.1) is 0 Å². The monoisotopic (exact) mass is 652 g/mol. The van der Waals surface area contributed by atoms with E-state index in [9.17, 15) is 19.2 Å². The first-order valence-corrected chi connectivity index (χ1v) is 17.3. The molecule has 1 aromatic heterocycles. The summed E-state index contributed by atoms with van der Waals surface area (Å²) < 4.78 is 29.9. The van der Waals surface area contributed by atoms with Crippen molar-refractivity contribution < 1.29 is 24.7 Å². The molecule has 12 nitrogen and oxygen atoms in total. The minimum Gasteiger partial charge on any atom is -0.425 e. The van der Waals surface area contributed by atoms with Crippen molar-refractivity contribution in [1.29, 1.82) is 0 Å². The van der Waals surface area contributed by atoms with Crippen molar-refractivity contribution in [3.8, 4) is 0 Å². The second kappa shape index (κ2) is 20.5. The smallest absolute Gasteiger partial charge is 0.330 e. The van der Waals surface area contributed by atoms with E-state index in [0.29, 0.717) is 31.7 Å². The fourth-order valence-electron chi connectivity index (χ4n) is 5.01. The molecule has 0 radical (unpaired) electrons. The van der Waals surface area contributed by atoms with Gasteiger partial charge >= 0.3 is 14.2 Å². The predicted molar refractivity (Wildman–Crippen MR) is 179 cm³/mol. The van der Waals surface area contributed by atoms with E-state index in [2.05, 4.69) is 20.0 Å². The molecular weight excluding hydrogens is 597 g/mol. The lowest BCUT2D eigenvalue weighted by Crippen LogP contribution is -2.35. The molecular formula is C32H54N5O7P. The summed E-state index contributed by atoms with van der Waals surface area (Å²) in [6.45, 7) is 13.1. The number of nitrogens with zero attached hydrogens (tertiary/aromatic N) is 3. The van der Waals surface area contributed by atoms with Crippen molar-refractivity contribution in [1.82, 2.24) is 19.5 Å². The number of ketones is 1. The molecule has 2 N–H and O–H groups in total. The van der Waals surface area contributed by atoms with Crippen molar-refractivity contribution in [3.05, 3.63) is 38.7 Å². The molecule has 45 heavy (non-hydrogen) atoms. The summed E-state index contributed by atoms with van der Waals surface area (Å²) in [6, 6.07) is 0.223. The van der Waals surface area contributed by atoms with Crippen LogP contribution in [0.25, 0.3) is 6.08 Å². The Labute approximate surface area is 270 Å². The number of carbonyl (C=O) groups excluding carboxylic acids is 2. The lowest BCUT2D eigenvalue weighted by molar-refractivity contribution is -0.119. The maximum atomic E-state index is 12.8. The van der Waals surface area contributed by atoms with Crippen molar-refractivity contribution in [3.63, 3.8) is 0 Å². The number of Topliss-reactive ketones (excluding diaryl/α,β-unsaturated/α-hetero) is 1. The Morgan fingerprint density at radius 1 is 1.18 bits per heavy atom. The summed E-state index contributed by atoms with van der Waals surface area (Å²) in [6.07, 6.45) is 10.6. The van der Waals surface area contributed by atoms with Gasteiger partial charge in [0.05, 0.1) is 17.8 Å². The normalized spacial score (nSPS) is 19.7. The fourth-order valence-corrected chi connectivity index (χ4v) is 6.63. The Morgan fingerprint density at radius 2 is 1.89 bits per heavy atom.